The van der Waals surface area contributed by atoms with Gasteiger partial charge in [-0.05, 0) is 62.7 Å². The third kappa shape index (κ3) is 4.92. The second kappa shape index (κ2) is 9.43. The zero-order valence-corrected chi connectivity index (χ0v) is 20.6. The van der Waals surface area contributed by atoms with Crippen molar-refractivity contribution in [2.45, 2.75) is 39.4 Å². The molecule has 0 aliphatic carbocycles. The minimum Gasteiger partial charge on any atom is -0.395 e. The van der Waals surface area contributed by atoms with Crippen LogP contribution in [-0.4, -0.2) is 47.5 Å². The van der Waals surface area contributed by atoms with Crippen molar-refractivity contribution in [1.29, 1.82) is 0 Å². The number of carbonyl (C=O) groups excluding carboxylic acids is 1. The third-order valence-corrected chi connectivity index (χ3v) is 5.81. The lowest BCUT2D eigenvalue weighted by atomic mass is 10.1. The molecule has 0 unspecified atom stereocenters. The van der Waals surface area contributed by atoms with Crippen LogP contribution in [-0.2, 0) is 13.1 Å². The summed E-state index contributed by atoms with van der Waals surface area (Å²) in [5.41, 5.74) is 4.85. The average Bonchev–Trinajstić information content (AvgIpc) is 3.43. The first-order valence-corrected chi connectivity index (χ1v) is 11.9. The molecule has 3 aromatic heterocycles. The number of aliphatic hydroxyl groups is 1. The minimum absolute atomic E-state index is 0.0351. The lowest BCUT2D eigenvalue weighted by Gasteiger charge is -2.20. The minimum atomic E-state index is -0.295. The van der Waals surface area contributed by atoms with Crippen molar-refractivity contribution in [3.8, 4) is 0 Å². The molecule has 184 valence electrons. The molecule has 3 N–H and O–H groups in total. The van der Waals surface area contributed by atoms with Crippen LogP contribution < -0.4 is 10.6 Å². The van der Waals surface area contributed by atoms with Crippen molar-refractivity contribution < 1.29 is 9.90 Å². The summed E-state index contributed by atoms with van der Waals surface area (Å²) < 4.78 is 3.86. The average molecular weight is 484 g/mol. The fourth-order valence-corrected chi connectivity index (χ4v) is 4.24. The summed E-state index contributed by atoms with van der Waals surface area (Å²) in [6.07, 6.45) is 5.26. The fraction of sp³-hybridized carbons (Fsp3) is 0.259. The lowest BCUT2D eigenvalue weighted by Crippen LogP contribution is -2.40. The summed E-state index contributed by atoms with van der Waals surface area (Å²) in [5.74, 6) is 0.588. The molecule has 3 heterocycles. The van der Waals surface area contributed by atoms with Crippen LogP contribution in [0.1, 0.15) is 36.7 Å². The number of fused-ring (bicyclic) bond motifs is 2. The lowest BCUT2D eigenvalue weighted by molar-refractivity contribution is 0.0919. The predicted octanol–water partition coefficient (Wildman–Crippen LogP) is 4.09. The number of aromatic nitrogens is 5. The summed E-state index contributed by atoms with van der Waals surface area (Å²) in [7, 11) is 0. The maximum absolute atomic E-state index is 12.6. The van der Waals surface area contributed by atoms with Crippen molar-refractivity contribution >= 4 is 39.3 Å². The molecule has 5 aromatic rings. The summed E-state index contributed by atoms with van der Waals surface area (Å²) >= 11 is 0. The van der Waals surface area contributed by atoms with E-state index in [1.165, 1.54) is 6.33 Å². The Labute approximate surface area is 208 Å². The van der Waals surface area contributed by atoms with Gasteiger partial charge in [-0.3, -0.25) is 9.48 Å². The highest BCUT2D eigenvalue weighted by Gasteiger charge is 2.16. The molecular formula is C27H29N7O2. The first-order valence-electron chi connectivity index (χ1n) is 11.9. The first-order chi connectivity index (χ1) is 17.3. The molecule has 0 aliphatic rings. The molecule has 0 fully saturated rings. The smallest absolute Gasteiger partial charge is 0.251 e. The normalized spacial score (nSPS) is 11.8. The van der Waals surface area contributed by atoms with Crippen LogP contribution in [0.3, 0.4) is 0 Å². The van der Waals surface area contributed by atoms with E-state index in [0.29, 0.717) is 24.5 Å². The van der Waals surface area contributed by atoms with E-state index in [0.717, 1.165) is 33.2 Å². The Balaban J connectivity index is 1.38. The molecule has 0 bridgehead atoms. The Morgan fingerprint density at radius 3 is 2.75 bits per heavy atom. The highest BCUT2D eigenvalue weighted by atomic mass is 16.3. The second-order valence-electron chi connectivity index (χ2n) is 9.79. The highest BCUT2D eigenvalue weighted by Crippen LogP contribution is 2.26. The number of hydrogen-bond donors (Lipinski definition) is 3. The van der Waals surface area contributed by atoms with Gasteiger partial charge in [-0.25, -0.2) is 9.97 Å². The first kappa shape index (κ1) is 23.5. The standard InChI is InChI=1S/C27H29N7O2/c1-27(2,3)32-26(36)19-6-4-5-18(13-19)16-34-23-8-7-21(14-20(23)15-30-34)31-25-24-22(28-17-29-25)9-10-33(24)11-12-35/h4-10,13-15,17,35H,11-12,16H2,1-3H3,(H,32,36)(H,28,29,31). The van der Waals surface area contributed by atoms with Crippen molar-refractivity contribution in [2.24, 2.45) is 0 Å². The number of benzene rings is 2. The van der Waals surface area contributed by atoms with Crippen LogP contribution in [0.2, 0.25) is 0 Å². The van der Waals surface area contributed by atoms with Gasteiger partial charge in [-0.15, -0.1) is 0 Å². The van der Waals surface area contributed by atoms with Gasteiger partial charge >= 0.3 is 0 Å². The Morgan fingerprint density at radius 2 is 1.94 bits per heavy atom. The van der Waals surface area contributed by atoms with Crippen molar-refractivity contribution in [3.63, 3.8) is 0 Å². The van der Waals surface area contributed by atoms with Crippen LogP contribution in [0.25, 0.3) is 21.9 Å². The quantitative estimate of drug-likeness (QED) is 0.322. The summed E-state index contributed by atoms with van der Waals surface area (Å²) in [6, 6.07) is 15.6. The molecule has 2 aromatic carbocycles. The Hall–Kier alpha value is -4.24. The Kier molecular flexibility index (Phi) is 6.15. The van der Waals surface area contributed by atoms with Gasteiger partial charge in [0, 0.05) is 34.9 Å². The molecule has 0 saturated carbocycles. The topological polar surface area (TPSA) is 110 Å². The molecule has 0 aliphatic heterocycles. The van der Waals surface area contributed by atoms with Gasteiger partial charge in [0.1, 0.15) is 11.8 Å². The Morgan fingerprint density at radius 1 is 1.08 bits per heavy atom. The van der Waals surface area contributed by atoms with Gasteiger partial charge in [-0.2, -0.15) is 5.10 Å². The highest BCUT2D eigenvalue weighted by molar-refractivity contribution is 5.95. The molecule has 0 radical (unpaired) electrons. The number of aliphatic hydroxyl groups excluding tert-OH is 1. The van der Waals surface area contributed by atoms with E-state index >= 15 is 0 Å². The largest absolute Gasteiger partial charge is 0.395 e. The summed E-state index contributed by atoms with van der Waals surface area (Å²) in [5, 5.41) is 21.3. The number of hydrogen-bond acceptors (Lipinski definition) is 6. The van der Waals surface area contributed by atoms with E-state index in [1.54, 1.807) is 0 Å². The monoisotopic (exact) mass is 483 g/mol. The summed E-state index contributed by atoms with van der Waals surface area (Å²) in [4.78, 5) is 21.3. The molecule has 0 saturated heterocycles. The van der Waals surface area contributed by atoms with Crippen LogP contribution >= 0.6 is 0 Å². The zero-order valence-electron chi connectivity index (χ0n) is 20.6. The molecule has 9 heteroatoms. The molecule has 5 rings (SSSR count). The van der Waals surface area contributed by atoms with E-state index in [4.69, 9.17) is 0 Å². The number of nitrogens with zero attached hydrogens (tertiary/aromatic N) is 5. The number of anilines is 2. The van der Waals surface area contributed by atoms with Gasteiger partial charge in [-0.1, -0.05) is 12.1 Å². The van der Waals surface area contributed by atoms with Gasteiger partial charge in [0.05, 0.1) is 30.4 Å². The number of carbonyl (C=O) groups is 1. The molecule has 1 amide bonds. The van der Waals surface area contributed by atoms with E-state index in [1.807, 2.05) is 90.9 Å². The number of amides is 1. The molecule has 9 nitrogen and oxygen atoms in total. The number of rotatable bonds is 7. The molecular weight excluding hydrogens is 454 g/mol. The van der Waals surface area contributed by atoms with E-state index in [-0.39, 0.29) is 18.1 Å². The van der Waals surface area contributed by atoms with E-state index in [9.17, 15) is 9.90 Å². The van der Waals surface area contributed by atoms with Crippen molar-refractivity contribution in [3.05, 3.63) is 78.4 Å². The van der Waals surface area contributed by atoms with Gasteiger partial charge in [0.25, 0.3) is 5.91 Å². The van der Waals surface area contributed by atoms with E-state index < -0.39 is 0 Å². The second-order valence-corrected chi connectivity index (χ2v) is 9.79. The SMILES string of the molecule is CC(C)(C)NC(=O)c1cccc(Cn2ncc3cc(Nc4ncnc5ccn(CCO)c45)ccc32)c1. The molecule has 36 heavy (non-hydrogen) atoms. The van der Waals surface area contributed by atoms with Crippen LogP contribution in [0.5, 0.6) is 0 Å². The summed E-state index contributed by atoms with van der Waals surface area (Å²) in [6.45, 7) is 6.95. The van der Waals surface area contributed by atoms with Gasteiger partial charge in [0.15, 0.2) is 5.82 Å². The van der Waals surface area contributed by atoms with Gasteiger partial charge < -0.3 is 20.3 Å². The van der Waals surface area contributed by atoms with Crippen LogP contribution in [0.4, 0.5) is 11.5 Å². The fourth-order valence-electron chi connectivity index (χ4n) is 4.24. The van der Waals surface area contributed by atoms with Crippen LogP contribution in [0.15, 0.2) is 67.3 Å². The van der Waals surface area contributed by atoms with Crippen molar-refractivity contribution in [2.75, 3.05) is 11.9 Å². The van der Waals surface area contributed by atoms with Gasteiger partial charge in [0.2, 0.25) is 0 Å². The molecule has 0 atom stereocenters. The third-order valence-electron chi connectivity index (χ3n) is 5.81. The maximum Gasteiger partial charge on any atom is 0.251 e. The van der Waals surface area contributed by atoms with E-state index in [2.05, 4.69) is 25.7 Å². The Bertz CT molecular complexity index is 1550. The van der Waals surface area contributed by atoms with Crippen LogP contribution in [0, 0.1) is 0 Å². The predicted molar refractivity (Wildman–Crippen MR) is 140 cm³/mol. The maximum atomic E-state index is 12.6. The number of nitrogens with one attached hydrogen (secondary N) is 2. The van der Waals surface area contributed by atoms with Crippen molar-refractivity contribution in [1.82, 2.24) is 29.6 Å². The molecule has 0 spiro atoms. The zero-order chi connectivity index (χ0) is 25.3.